The predicted octanol–water partition coefficient (Wildman–Crippen LogP) is 3.51. The summed E-state index contributed by atoms with van der Waals surface area (Å²) in [6.45, 7) is 3.88. The molecule has 0 saturated heterocycles. The van der Waals surface area contributed by atoms with Crippen LogP contribution in [0.3, 0.4) is 0 Å². The van der Waals surface area contributed by atoms with Crippen LogP contribution in [0.4, 0.5) is 11.4 Å². The third-order valence-corrected chi connectivity index (χ3v) is 5.36. The number of anilines is 2. The van der Waals surface area contributed by atoms with E-state index in [1.54, 1.807) is 72.8 Å². The van der Waals surface area contributed by atoms with Gasteiger partial charge < -0.3 is 20.7 Å². The number of hydrazone groups is 1. The molecule has 0 saturated carbocycles. The molecule has 0 spiro atoms. The highest BCUT2D eigenvalue weighted by Gasteiger charge is 2.54. The third kappa shape index (κ3) is 5.20. The number of hydrogen-bond donors (Lipinski definition) is 3. The van der Waals surface area contributed by atoms with Crippen molar-refractivity contribution in [3.8, 4) is 5.75 Å². The molecule has 0 aromatic heterocycles. The first kappa shape index (κ1) is 24.5. The summed E-state index contributed by atoms with van der Waals surface area (Å²) in [6, 6.07) is 24.3. The molecule has 184 valence electrons. The summed E-state index contributed by atoms with van der Waals surface area (Å²) in [5.74, 6) is -0.974. The first-order valence-electron chi connectivity index (χ1n) is 11.6. The normalized spacial score (nSPS) is 16.8. The van der Waals surface area contributed by atoms with Gasteiger partial charge in [-0.3, -0.25) is 14.4 Å². The summed E-state index contributed by atoms with van der Waals surface area (Å²) < 4.78 is 5.58. The minimum Gasteiger partial charge on any atom is -0.494 e. The van der Waals surface area contributed by atoms with Gasteiger partial charge in [0.25, 0.3) is 11.6 Å². The Morgan fingerprint density at radius 3 is 2.19 bits per heavy atom. The number of carbonyl (C=O) groups is 3. The highest BCUT2D eigenvalue weighted by Crippen LogP contribution is 2.28. The molecule has 0 radical (unpaired) electrons. The lowest BCUT2D eigenvalue weighted by Gasteiger charge is -2.31. The fraction of sp³-hybridized carbons (Fsp3) is 0.185. The van der Waals surface area contributed by atoms with Crippen LogP contribution in [0.2, 0.25) is 0 Å². The highest BCUT2D eigenvalue weighted by molar-refractivity contribution is 6.28. The van der Waals surface area contributed by atoms with E-state index in [4.69, 9.17) is 4.74 Å². The molecule has 4 rings (SSSR count). The van der Waals surface area contributed by atoms with Crippen molar-refractivity contribution in [3.05, 3.63) is 90.5 Å². The zero-order chi connectivity index (χ0) is 25.5. The van der Waals surface area contributed by atoms with E-state index in [1.807, 2.05) is 19.1 Å². The number of carbonyl (C=O) groups excluding carboxylic acids is 3. The van der Waals surface area contributed by atoms with E-state index >= 15 is 0 Å². The van der Waals surface area contributed by atoms with Gasteiger partial charge in [-0.15, -0.1) is 5.10 Å². The van der Waals surface area contributed by atoms with Crippen LogP contribution in [-0.4, -0.2) is 35.8 Å². The Labute approximate surface area is 209 Å². The molecule has 9 nitrogen and oxygen atoms in total. The van der Waals surface area contributed by atoms with Crippen LogP contribution >= 0.6 is 0 Å². The van der Waals surface area contributed by atoms with Crippen molar-refractivity contribution in [2.45, 2.75) is 25.9 Å². The molecular formula is C27H27N5O4. The topological polar surface area (TPSA) is 112 Å². The van der Waals surface area contributed by atoms with Crippen molar-refractivity contribution in [3.63, 3.8) is 0 Å². The van der Waals surface area contributed by atoms with Crippen LogP contribution in [0.1, 0.15) is 30.6 Å². The van der Waals surface area contributed by atoms with Gasteiger partial charge in [-0.25, -0.2) is 0 Å². The van der Waals surface area contributed by atoms with E-state index in [1.165, 1.54) is 6.92 Å². The summed E-state index contributed by atoms with van der Waals surface area (Å²) in [4.78, 5) is 39.3. The standard InChI is InChI=1S/C27H27N5O4/c1-3-18-36-23-16-14-20(15-17-23)24(34)28-25-27(29-19(2)33,30-21-10-6-4-7-11-21)26(35)32(31-25)22-12-8-5-9-13-22/h4-17,30H,3,18H2,1-2H3,(H,29,33)(H,28,31,34). The molecule has 1 unspecified atom stereocenters. The van der Waals surface area contributed by atoms with E-state index in [2.05, 4.69) is 21.1 Å². The van der Waals surface area contributed by atoms with Crippen LogP contribution in [0.25, 0.3) is 0 Å². The maximum atomic E-state index is 13.8. The molecule has 1 heterocycles. The molecule has 36 heavy (non-hydrogen) atoms. The van der Waals surface area contributed by atoms with Crippen LogP contribution in [0.15, 0.2) is 90.0 Å². The maximum absolute atomic E-state index is 13.8. The second-order valence-corrected chi connectivity index (χ2v) is 8.15. The van der Waals surface area contributed by atoms with Gasteiger partial charge in [-0.05, 0) is 55.0 Å². The molecule has 1 aliphatic rings. The second kappa shape index (κ2) is 10.7. The Morgan fingerprint density at radius 1 is 0.944 bits per heavy atom. The maximum Gasteiger partial charge on any atom is 0.302 e. The molecule has 0 aliphatic carbocycles. The van der Waals surface area contributed by atoms with Crippen LogP contribution in [0.5, 0.6) is 5.75 Å². The largest absolute Gasteiger partial charge is 0.494 e. The minimum atomic E-state index is -1.84. The average molecular weight is 486 g/mol. The van der Waals surface area contributed by atoms with Crippen molar-refractivity contribution >= 4 is 34.9 Å². The number of nitrogens with zero attached hydrogens (tertiary/aromatic N) is 2. The fourth-order valence-corrected chi connectivity index (χ4v) is 3.70. The van der Waals surface area contributed by atoms with Crippen molar-refractivity contribution in [1.82, 2.24) is 10.6 Å². The number of hydrogen-bond acceptors (Lipinski definition) is 6. The molecule has 0 fully saturated rings. The summed E-state index contributed by atoms with van der Waals surface area (Å²) >= 11 is 0. The summed E-state index contributed by atoms with van der Waals surface area (Å²) in [7, 11) is 0. The molecule has 3 amide bonds. The number of para-hydroxylation sites is 2. The van der Waals surface area contributed by atoms with Gasteiger partial charge in [0.05, 0.1) is 12.3 Å². The third-order valence-electron chi connectivity index (χ3n) is 5.36. The molecule has 3 N–H and O–H groups in total. The smallest absolute Gasteiger partial charge is 0.302 e. The zero-order valence-electron chi connectivity index (χ0n) is 20.0. The lowest BCUT2D eigenvalue weighted by atomic mass is 10.1. The second-order valence-electron chi connectivity index (χ2n) is 8.15. The summed E-state index contributed by atoms with van der Waals surface area (Å²) in [5.41, 5.74) is -0.477. The number of nitrogens with one attached hydrogen (secondary N) is 3. The van der Waals surface area contributed by atoms with E-state index in [-0.39, 0.29) is 5.84 Å². The number of rotatable bonds is 8. The number of ether oxygens (including phenoxy) is 1. The van der Waals surface area contributed by atoms with Gasteiger partial charge in [0, 0.05) is 18.2 Å². The number of amides is 3. The molecule has 3 aromatic rings. The van der Waals surface area contributed by atoms with Crippen molar-refractivity contribution in [1.29, 1.82) is 0 Å². The Kier molecular flexibility index (Phi) is 7.29. The summed E-state index contributed by atoms with van der Waals surface area (Å²) in [6.07, 6.45) is 0.869. The van der Waals surface area contributed by atoms with Gasteiger partial charge >= 0.3 is 5.91 Å². The molecule has 3 aromatic carbocycles. The minimum absolute atomic E-state index is 0.0632. The van der Waals surface area contributed by atoms with Crippen LogP contribution in [0, 0.1) is 0 Å². The van der Waals surface area contributed by atoms with E-state index in [0.717, 1.165) is 11.4 Å². The predicted molar refractivity (Wildman–Crippen MR) is 138 cm³/mol. The zero-order valence-corrected chi connectivity index (χ0v) is 20.0. The molecule has 1 atom stereocenters. The summed E-state index contributed by atoms with van der Waals surface area (Å²) in [5, 5.41) is 14.1. The quantitative estimate of drug-likeness (QED) is 0.423. The first-order valence-corrected chi connectivity index (χ1v) is 11.6. The van der Waals surface area contributed by atoms with E-state index < -0.39 is 23.4 Å². The average Bonchev–Trinajstić information content (AvgIpc) is 3.14. The fourth-order valence-electron chi connectivity index (χ4n) is 3.70. The van der Waals surface area contributed by atoms with Gasteiger partial charge in [0.15, 0.2) is 5.84 Å². The van der Waals surface area contributed by atoms with E-state index in [9.17, 15) is 14.4 Å². The molecular weight excluding hydrogens is 458 g/mol. The van der Waals surface area contributed by atoms with Crippen molar-refractivity contribution < 1.29 is 19.1 Å². The lowest BCUT2D eigenvalue weighted by Crippen LogP contribution is -2.67. The number of benzene rings is 3. The van der Waals surface area contributed by atoms with Gasteiger partial charge in [0.2, 0.25) is 5.91 Å². The molecule has 1 aliphatic heterocycles. The highest BCUT2D eigenvalue weighted by atomic mass is 16.5. The molecule has 9 heteroatoms. The molecule has 0 bridgehead atoms. The number of amidine groups is 1. The van der Waals surface area contributed by atoms with Gasteiger partial charge in [-0.1, -0.05) is 43.3 Å². The van der Waals surface area contributed by atoms with Crippen molar-refractivity contribution in [2.75, 3.05) is 16.9 Å². The Morgan fingerprint density at radius 2 is 1.58 bits per heavy atom. The lowest BCUT2D eigenvalue weighted by molar-refractivity contribution is -0.127. The SMILES string of the molecule is CCCOc1ccc(C(=O)NC2=NN(c3ccccc3)C(=O)C2(NC(C)=O)Nc2ccccc2)cc1. The van der Waals surface area contributed by atoms with Crippen molar-refractivity contribution in [2.24, 2.45) is 5.10 Å². The van der Waals surface area contributed by atoms with Crippen LogP contribution in [-0.2, 0) is 9.59 Å². The Bertz CT molecular complexity index is 1260. The van der Waals surface area contributed by atoms with Gasteiger partial charge in [-0.2, -0.15) is 5.01 Å². The first-order chi connectivity index (χ1) is 17.4. The Hall–Kier alpha value is -4.66. The monoisotopic (exact) mass is 485 g/mol. The van der Waals surface area contributed by atoms with Gasteiger partial charge in [0.1, 0.15) is 5.75 Å². The van der Waals surface area contributed by atoms with Crippen LogP contribution < -0.4 is 25.7 Å². The Balaban J connectivity index is 1.71. The van der Waals surface area contributed by atoms with E-state index in [0.29, 0.717) is 29.3 Å².